The van der Waals surface area contributed by atoms with Gasteiger partial charge in [-0.3, -0.25) is 14.3 Å². The first-order valence-corrected chi connectivity index (χ1v) is 9.10. The lowest BCUT2D eigenvalue weighted by molar-refractivity contribution is -0.137. The van der Waals surface area contributed by atoms with Gasteiger partial charge in [0, 0.05) is 38.4 Å². The summed E-state index contributed by atoms with van der Waals surface area (Å²) in [6.07, 6.45) is 2.92. The molecule has 2 N–H and O–H groups in total. The van der Waals surface area contributed by atoms with Crippen molar-refractivity contribution in [2.45, 2.75) is 53.1 Å². The van der Waals surface area contributed by atoms with Crippen LogP contribution in [-0.4, -0.2) is 57.3 Å². The average molecular weight is 350 g/mol. The van der Waals surface area contributed by atoms with E-state index in [1.54, 1.807) is 0 Å². The Morgan fingerprint density at radius 2 is 2.08 bits per heavy atom. The van der Waals surface area contributed by atoms with Crippen LogP contribution in [0, 0.1) is 18.8 Å². The van der Waals surface area contributed by atoms with E-state index in [4.69, 9.17) is 5.11 Å². The van der Waals surface area contributed by atoms with Crippen molar-refractivity contribution in [3.63, 3.8) is 0 Å². The number of likely N-dealkylation sites (tertiary alicyclic amines) is 1. The summed E-state index contributed by atoms with van der Waals surface area (Å²) < 4.78 is 1.82. The molecule has 0 aliphatic carbocycles. The van der Waals surface area contributed by atoms with E-state index in [1.807, 2.05) is 17.8 Å². The zero-order valence-electron chi connectivity index (χ0n) is 15.7. The summed E-state index contributed by atoms with van der Waals surface area (Å²) in [5.74, 6) is -0.129. The molecular formula is C18H30N4O3. The molecule has 1 aromatic heterocycles. The van der Waals surface area contributed by atoms with Crippen LogP contribution in [0.5, 0.6) is 0 Å². The van der Waals surface area contributed by atoms with Crippen molar-refractivity contribution in [3.8, 4) is 0 Å². The first-order chi connectivity index (χ1) is 11.8. The van der Waals surface area contributed by atoms with Gasteiger partial charge >= 0.3 is 5.97 Å². The lowest BCUT2D eigenvalue weighted by Crippen LogP contribution is -2.42. The number of aromatic nitrogens is 2. The van der Waals surface area contributed by atoms with Crippen LogP contribution < -0.4 is 5.32 Å². The second kappa shape index (κ2) is 8.47. The molecule has 0 spiro atoms. The topological polar surface area (TPSA) is 87.5 Å². The van der Waals surface area contributed by atoms with E-state index in [0.717, 1.165) is 25.2 Å². The number of amides is 1. The van der Waals surface area contributed by atoms with E-state index in [9.17, 15) is 9.59 Å². The van der Waals surface area contributed by atoms with Crippen molar-refractivity contribution in [1.82, 2.24) is 20.0 Å². The van der Waals surface area contributed by atoms with Crippen molar-refractivity contribution in [1.29, 1.82) is 0 Å². The second-order valence-electron chi connectivity index (χ2n) is 7.28. The number of hydrogen-bond acceptors (Lipinski definition) is 4. The van der Waals surface area contributed by atoms with Gasteiger partial charge in [-0.2, -0.15) is 5.10 Å². The Hall–Kier alpha value is -1.89. The van der Waals surface area contributed by atoms with Crippen LogP contribution in [0.4, 0.5) is 0 Å². The second-order valence-corrected chi connectivity index (χ2v) is 7.28. The quantitative estimate of drug-likeness (QED) is 0.746. The van der Waals surface area contributed by atoms with Gasteiger partial charge in [-0.1, -0.05) is 20.8 Å². The number of carbonyl (C=O) groups excluding carboxylic acids is 1. The van der Waals surface area contributed by atoms with Crippen molar-refractivity contribution >= 4 is 11.9 Å². The minimum absolute atomic E-state index is 0.0372. The highest BCUT2D eigenvalue weighted by Gasteiger charge is 2.36. The fraction of sp³-hybridized carbons (Fsp3) is 0.722. The number of nitrogens with zero attached hydrogens (tertiary/aromatic N) is 3. The van der Waals surface area contributed by atoms with Crippen LogP contribution in [0.2, 0.25) is 0 Å². The Bertz CT molecular complexity index is 611. The standard InChI is InChI=1S/C18H30N4O3/c1-5-7-22-10-15(13(4)20-22)18(25)19-16-11-21(8-6-17(23)24)9-14(16)12(2)3/h10,12,14,16H,5-9,11H2,1-4H3,(H,19,25)(H,23,24)/t14-,16+/m1/s1. The summed E-state index contributed by atoms with van der Waals surface area (Å²) in [6, 6.07) is 0.0372. The number of carboxylic acid groups (broad SMARTS) is 1. The molecule has 7 nitrogen and oxygen atoms in total. The van der Waals surface area contributed by atoms with Crippen molar-refractivity contribution in [2.24, 2.45) is 11.8 Å². The number of rotatable bonds is 8. The molecule has 0 aromatic carbocycles. The minimum Gasteiger partial charge on any atom is -0.481 e. The molecule has 2 atom stereocenters. The third-order valence-electron chi connectivity index (χ3n) is 4.90. The summed E-state index contributed by atoms with van der Waals surface area (Å²) in [5.41, 5.74) is 1.37. The first kappa shape index (κ1) is 19.4. The highest BCUT2D eigenvalue weighted by atomic mass is 16.4. The first-order valence-electron chi connectivity index (χ1n) is 9.10. The van der Waals surface area contributed by atoms with Crippen LogP contribution in [-0.2, 0) is 11.3 Å². The van der Waals surface area contributed by atoms with E-state index in [-0.39, 0.29) is 18.4 Å². The Balaban J connectivity index is 2.03. The maximum atomic E-state index is 12.7. The van der Waals surface area contributed by atoms with Gasteiger partial charge in [-0.25, -0.2) is 0 Å². The van der Waals surface area contributed by atoms with Gasteiger partial charge in [0.25, 0.3) is 5.91 Å². The zero-order valence-corrected chi connectivity index (χ0v) is 15.7. The number of aryl methyl sites for hydroxylation is 2. The number of hydrogen-bond donors (Lipinski definition) is 2. The SMILES string of the molecule is CCCn1cc(C(=O)N[C@H]2CN(CCC(=O)O)C[C@@H]2C(C)C)c(C)n1. The predicted molar refractivity (Wildman–Crippen MR) is 95.5 cm³/mol. The van der Waals surface area contributed by atoms with Gasteiger partial charge in [0.05, 0.1) is 17.7 Å². The molecule has 7 heteroatoms. The summed E-state index contributed by atoms with van der Waals surface area (Å²) >= 11 is 0. The number of aliphatic carboxylic acids is 1. The fourth-order valence-electron chi connectivity index (χ4n) is 3.51. The third-order valence-corrected chi connectivity index (χ3v) is 4.90. The smallest absolute Gasteiger partial charge is 0.304 e. The molecule has 25 heavy (non-hydrogen) atoms. The Kier molecular flexibility index (Phi) is 6.58. The molecule has 1 aliphatic heterocycles. The van der Waals surface area contributed by atoms with Crippen LogP contribution in [0.3, 0.4) is 0 Å². The average Bonchev–Trinajstić information content (AvgIpc) is 3.09. The van der Waals surface area contributed by atoms with Gasteiger partial charge < -0.3 is 15.3 Å². The molecule has 1 amide bonds. The molecule has 140 valence electrons. The number of carboxylic acids is 1. The minimum atomic E-state index is -0.785. The summed E-state index contributed by atoms with van der Waals surface area (Å²) in [7, 11) is 0. The molecule has 2 heterocycles. The van der Waals surface area contributed by atoms with E-state index in [0.29, 0.717) is 30.5 Å². The van der Waals surface area contributed by atoms with Crippen LogP contribution in [0.25, 0.3) is 0 Å². The lowest BCUT2D eigenvalue weighted by atomic mass is 9.91. The summed E-state index contributed by atoms with van der Waals surface area (Å²) in [5, 5.41) is 16.4. The third kappa shape index (κ3) is 5.04. The molecule has 1 saturated heterocycles. The normalized spacial score (nSPS) is 21.0. The zero-order chi connectivity index (χ0) is 18.6. The fourth-order valence-corrected chi connectivity index (χ4v) is 3.51. The largest absolute Gasteiger partial charge is 0.481 e. The van der Waals surface area contributed by atoms with Crippen LogP contribution in [0.15, 0.2) is 6.20 Å². The van der Waals surface area contributed by atoms with Crippen LogP contribution in [0.1, 0.15) is 49.7 Å². The van der Waals surface area contributed by atoms with E-state index in [1.165, 1.54) is 0 Å². The van der Waals surface area contributed by atoms with Gasteiger partial charge in [-0.15, -0.1) is 0 Å². The highest BCUT2D eigenvalue weighted by molar-refractivity contribution is 5.95. The molecule has 0 unspecified atom stereocenters. The number of nitrogens with one attached hydrogen (secondary N) is 1. The summed E-state index contributed by atoms with van der Waals surface area (Å²) in [4.78, 5) is 25.6. The van der Waals surface area contributed by atoms with Gasteiger partial charge in [0.15, 0.2) is 0 Å². The predicted octanol–water partition coefficient (Wildman–Crippen LogP) is 1.76. The Labute approximate surface area is 149 Å². The molecule has 1 aromatic rings. The van der Waals surface area contributed by atoms with Gasteiger partial charge in [0.2, 0.25) is 0 Å². The molecular weight excluding hydrogens is 320 g/mol. The van der Waals surface area contributed by atoms with E-state index < -0.39 is 5.97 Å². The highest BCUT2D eigenvalue weighted by Crippen LogP contribution is 2.25. The molecule has 0 saturated carbocycles. The molecule has 2 rings (SSSR count). The maximum absolute atomic E-state index is 12.7. The molecule has 1 fully saturated rings. The van der Waals surface area contributed by atoms with Crippen LogP contribution >= 0.6 is 0 Å². The summed E-state index contributed by atoms with van der Waals surface area (Å²) in [6.45, 7) is 11.1. The van der Waals surface area contributed by atoms with Crippen molar-refractivity contribution in [3.05, 3.63) is 17.5 Å². The van der Waals surface area contributed by atoms with E-state index in [2.05, 4.69) is 36.1 Å². The van der Waals surface area contributed by atoms with Crippen molar-refractivity contribution in [2.75, 3.05) is 19.6 Å². The van der Waals surface area contributed by atoms with E-state index >= 15 is 0 Å². The Morgan fingerprint density at radius 3 is 2.68 bits per heavy atom. The van der Waals surface area contributed by atoms with Gasteiger partial charge in [-0.05, 0) is 25.2 Å². The molecule has 1 aliphatic rings. The molecule has 0 bridgehead atoms. The monoisotopic (exact) mass is 350 g/mol. The van der Waals surface area contributed by atoms with Gasteiger partial charge in [0.1, 0.15) is 0 Å². The Morgan fingerprint density at radius 1 is 1.36 bits per heavy atom. The van der Waals surface area contributed by atoms with Crippen molar-refractivity contribution < 1.29 is 14.7 Å². The maximum Gasteiger partial charge on any atom is 0.304 e. The number of carbonyl (C=O) groups is 2. The lowest BCUT2D eigenvalue weighted by Gasteiger charge is -2.22. The molecule has 0 radical (unpaired) electrons.